The van der Waals surface area contributed by atoms with Gasteiger partial charge in [-0.25, -0.2) is 4.98 Å². The fourth-order valence-electron chi connectivity index (χ4n) is 2.02. The average Bonchev–Trinajstić information content (AvgIpc) is 2.99. The summed E-state index contributed by atoms with van der Waals surface area (Å²) in [6.07, 6.45) is 0. The molecule has 2 rings (SSSR count). The molecule has 1 aromatic heterocycles. The second kappa shape index (κ2) is 7.17. The van der Waals surface area contributed by atoms with E-state index in [4.69, 9.17) is 0 Å². The lowest BCUT2D eigenvalue weighted by Crippen LogP contribution is -2.38. The van der Waals surface area contributed by atoms with E-state index < -0.39 is 0 Å². The van der Waals surface area contributed by atoms with Gasteiger partial charge in [0, 0.05) is 5.38 Å². The molecule has 1 atom stereocenters. The minimum absolute atomic E-state index is 0.00792. The molecule has 0 aliphatic heterocycles. The second-order valence-corrected chi connectivity index (χ2v) is 5.30. The number of aromatic nitrogens is 1. The first-order valence-electron chi connectivity index (χ1n) is 6.62. The first-order valence-corrected chi connectivity index (χ1v) is 7.56. The van der Waals surface area contributed by atoms with Crippen molar-refractivity contribution in [3.8, 4) is 0 Å². The topological polar surface area (TPSA) is 45.2 Å². The molecule has 0 spiro atoms. The van der Waals surface area contributed by atoms with Gasteiger partial charge in [0.1, 0.15) is 6.04 Å². The van der Waals surface area contributed by atoms with Crippen molar-refractivity contribution < 1.29 is 4.79 Å². The van der Waals surface area contributed by atoms with E-state index in [0.717, 1.165) is 17.8 Å². The van der Waals surface area contributed by atoms with E-state index in [-0.39, 0.29) is 11.9 Å². The number of carbonyl (C=O) groups is 1. The third kappa shape index (κ3) is 3.65. The lowest BCUT2D eigenvalue weighted by atomic mass is 10.0. The van der Waals surface area contributed by atoms with E-state index >= 15 is 0 Å². The molecule has 0 bridgehead atoms. The molecule has 0 unspecified atom stereocenters. The first-order chi connectivity index (χ1) is 9.72. The number of nitrogens with zero attached hydrogens (tertiary/aromatic N) is 2. The Kier molecular flexibility index (Phi) is 5.26. The summed E-state index contributed by atoms with van der Waals surface area (Å²) < 4.78 is 0. The Hall–Kier alpha value is -1.72. The Bertz CT molecular complexity index is 527. The summed E-state index contributed by atoms with van der Waals surface area (Å²) in [5.41, 5.74) is 3.68. The molecule has 5 heteroatoms. The number of hydrogen-bond acceptors (Lipinski definition) is 4. The summed E-state index contributed by atoms with van der Waals surface area (Å²) in [5.74, 6) is 0.00792. The van der Waals surface area contributed by atoms with Crippen LogP contribution in [0.25, 0.3) is 0 Å². The molecule has 4 nitrogen and oxygen atoms in total. The predicted octanol–water partition coefficient (Wildman–Crippen LogP) is 2.45. The van der Waals surface area contributed by atoms with Crippen molar-refractivity contribution in [3.05, 3.63) is 52.5 Å². The van der Waals surface area contributed by atoms with Gasteiger partial charge in [-0.2, -0.15) is 0 Å². The molecule has 0 radical (unpaired) electrons. The Balaban J connectivity index is 2.08. The van der Waals surface area contributed by atoms with Crippen LogP contribution in [-0.4, -0.2) is 29.4 Å². The molecule has 0 aliphatic carbocycles. The number of hydrogen-bond donors (Lipinski definition) is 1. The Labute approximate surface area is 123 Å². The summed E-state index contributed by atoms with van der Waals surface area (Å²) >= 11 is 1.53. The molecule has 0 aliphatic rings. The van der Waals surface area contributed by atoms with Gasteiger partial charge in [0.2, 0.25) is 5.91 Å². The molecule has 0 fully saturated rings. The van der Waals surface area contributed by atoms with E-state index in [9.17, 15) is 4.79 Å². The lowest BCUT2D eigenvalue weighted by molar-refractivity contribution is -0.126. The average molecular weight is 289 g/mol. The van der Waals surface area contributed by atoms with Crippen LogP contribution in [0.5, 0.6) is 0 Å². The van der Waals surface area contributed by atoms with Crippen LogP contribution in [0.1, 0.15) is 24.2 Å². The lowest BCUT2D eigenvalue weighted by Gasteiger charge is -2.26. The number of likely N-dealkylation sites (N-methyl/N-ethyl adjacent to an activating group) is 1. The fourth-order valence-corrected chi connectivity index (χ4v) is 2.58. The quantitative estimate of drug-likeness (QED) is 0.888. The van der Waals surface area contributed by atoms with Crippen LogP contribution in [0.15, 0.2) is 41.2 Å². The molecule has 1 aromatic carbocycles. The summed E-state index contributed by atoms with van der Waals surface area (Å²) in [6.45, 7) is 3.33. The molecule has 1 amide bonds. The van der Waals surface area contributed by atoms with Gasteiger partial charge >= 0.3 is 0 Å². The zero-order valence-electron chi connectivity index (χ0n) is 11.7. The van der Waals surface area contributed by atoms with Crippen LogP contribution < -0.4 is 5.32 Å². The van der Waals surface area contributed by atoms with Gasteiger partial charge in [-0.3, -0.25) is 9.69 Å². The largest absolute Gasteiger partial charge is 0.349 e. The van der Waals surface area contributed by atoms with Crippen LogP contribution in [0.4, 0.5) is 0 Å². The minimum atomic E-state index is -0.264. The smallest absolute Gasteiger partial charge is 0.242 e. The van der Waals surface area contributed by atoms with Gasteiger partial charge in [-0.15, -0.1) is 11.3 Å². The number of thiazole rings is 1. The fraction of sp³-hybridized carbons (Fsp3) is 0.333. The summed E-state index contributed by atoms with van der Waals surface area (Å²) in [6, 6.07) is 9.58. The van der Waals surface area contributed by atoms with Gasteiger partial charge < -0.3 is 5.32 Å². The minimum Gasteiger partial charge on any atom is -0.349 e. The molecule has 0 saturated heterocycles. The Morgan fingerprint density at radius 3 is 2.75 bits per heavy atom. The number of carbonyl (C=O) groups excluding carboxylic acids is 1. The zero-order valence-corrected chi connectivity index (χ0v) is 12.6. The molecular formula is C15H19N3OS. The SMILES string of the molecule is CCN(C)[C@@H](C(=O)NCc1cscn1)c1ccccc1. The van der Waals surface area contributed by atoms with E-state index in [0.29, 0.717) is 6.54 Å². The normalized spacial score (nSPS) is 12.3. The molecule has 0 saturated carbocycles. The third-order valence-corrected chi connectivity index (χ3v) is 3.87. The van der Waals surface area contributed by atoms with Crippen molar-refractivity contribution in [2.75, 3.05) is 13.6 Å². The van der Waals surface area contributed by atoms with Crippen molar-refractivity contribution in [1.82, 2.24) is 15.2 Å². The molecule has 2 aromatic rings. The molecule has 106 valence electrons. The van der Waals surface area contributed by atoms with Crippen LogP contribution >= 0.6 is 11.3 Å². The number of rotatable bonds is 6. The standard InChI is InChI=1S/C15H19N3OS/c1-3-18(2)14(12-7-5-4-6-8-12)15(19)16-9-13-10-20-11-17-13/h4-8,10-11,14H,3,9H2,1-2H3,(H,16,19)/t14-/m1/s1. The van der Waals surface area contributed by atoms with Gasteiger partial charge in [0.05, 0.1) is 17.7 Å². The van der Waals surface area contributed by atoms with Gasteiger partial charge in [0.15, 0.2) is 0 Å². The molecular weight excluding hydrogens is 270 g/mol. The monoisotopic (exact) mass is 289 g/mol. The Morgan fingerprint density at radius 1 is 1.40 bits per heavy atom. The van der Waals surface area contributed by atoms with Crippen LogP contribution in [-0.2, 0) is 11.3 Å². The van der Waals surface area contributed by atoms with Crippen LogP contribution in [0.3, 0.4) is 0 Å². The predicted molar refractivity (Wildman–Crippen MR) is 81.4 cm³/mol. The van der Waals surface area contributed by atoms with Crippen molar-refractivity contribution in [2.45, 2.75) is 19.5 Å². The van der Waals surface area contributed by atoms with Gasteiger partial charge in [0.25, 0.3) is 0 Å². The van der Waals surface area contributed by atoms with Gasteiger partial charge in [-0.1, -0.05) is 37.3 Å². The third-order valence-electron chi connectivity index (χ3n) is 3.23. The van der Waals surface area contributed by atoms with Gasteiger partial charge in [-0.05, 0) is 19.2 Å². The van der Waals surface area contributed by atoms with Crippen LogP contribution in [0, 0.1) is 0 Å². The maximum absolute atomic E-state index is 12.5. The summed E-state index contributed by atoms with van der Waals surface area (Å²) in [5, 5.41) is 4.91. The maximum atomic E-state index is 12.5. The highest BCUT2D eigenvalue weighted by Crippen LogP contribution is 2.19. The second-order valence-electron chi connectivity index (χ2n) is 4.58. The van der Waals surface area contributed by atoms with E-state index in [1.807, 2.05) is 54.6 Å². The van der Waals surface area contributed by atoms with E-state index in [1.54, 1.807) is 5.51 Å². The van der Waals surface area contributed by atoms with E-state index in [2.05, 4.69) is 10.3 Å². The number of benzene rings is 1. The van der Waals surface area contributed by atoms with Crippen molar-refractivity contribution in [1.29, 1.82) is 0 Å². The van der Waals surface area contributed by atoms with Crippen molar-refractivity contribution in [2.24, 2.45) is 0 Å². The highest BCUT2D eigenvalue weighted by molar-refractivity contribution is 7.07. The highest BCUT2D eigenvalue weighted by atomic mass is 32.1. The van der Waals surface area contributed by atoms with Crippen molar-refractivity contribution >= 4 is 17.2 Å². The van der Waals surface area contributed by atoms with Crippen LogP contribution in [0.2, 0.25) is 0 Å². The zero-order chi connectivity index (χ0) is 14.4. The number of amides is 1. The summed E-state index contributed by atoms with van der Waals surface area (Å²) in [7, 11) is 1.96. The highest BCUT2D eigenvalue weighted by Gasteiger charge is 2.23. The maximum Gasteiger partial charge on any atom is 0.242 e. The Morgan fingerprint density at radius 2 is 2.15 bits per heavy atom. The molecule has 1 N–H and O–H groups in total. The summed E-state index contributed by atoms with van der Waals surface area (Å²) in [4.78, 5) is 18.7. The molecule has 20 heavy (non-hydrogen) atoms. The van der Waals surface area contributed by atoms with E-state index in [1.165, 1.54) is 11.3 Å². The first kappa shape index (κ1) is 14.7. The van der Waals surface area contributed by atoms with Crippen molar-refractivity contribution in [3.63, 3.8) is 0 Å². The number of nitrogens with one attached hydrogen (secondary N) is 1. The molecule has 1 heterocycles.